The van der Waals surface area contributed by atoms with E-state index in [2.05, 4.69) is 6.07 Å². The molecule has 0 aromatic heterocycles. The molecule has 1 atom stereocenters. The largest absolute Gasteiger partial charge is 0.321 e. The van der Waals surface area contributed by atoms with Gasteiger partial charge in [-0.3, -0.25) is 10.1 Å². The van der Waals surface area contributed by atoms with Gasteiger partial charge in [0.05, 0.1) is 4.92 Å². The summed E-state index contributed by atoms with van der Waals surface area (Å²) < 4.78 is 0. The highest BCUT2D eigenvalue weighted by molar-refractivity contribution is 5.45. The molecule has 1 unspecified atom stereocenters. The van der Waals surface area contributed by atoms with E-state index in [9.17, 15) is 10.1 Å². The number of hydrogen-bond donors (Lipinski definition) is 1. The van der Waals surface area contributed by atoms with Crippen molar-refractivity contribution in [1.29, 1.82) is 0 Å². The number of nitrogens with two attached hydrogens (primary N) is 1. The Morgan fingerprint density at radius 1 is 1.15 bits per heavy atom. The molecule has 0 aliphatic heterocycles. The zero-order valence-electron chi connectivity index (χ0n) is 11.1. The molecule has 4 heteroatoms. The Labute approximate surface area is 117 Å². The van der Waals surface area contributed by atoms with E-state index in [1.165, 1.54) is 5.56 Å². The molecule has 2 N–H and O–H groups in total. The highest BCUT2D eigenvalue weighted by atomic mass is 16.6. The lowest BCUT2D eigenvalue weighted by Crippen LogP contribution is -2.36. The van der Waals surface area contributed by atoms with E-state index >= 15 is 0 Å². The number of nitro benzene ring substituents is 1. The topological polar surface area (TPSA) is 69.2 Å². The molecule has 0 saturated carbocycles. The van der Waals surface area contributed by atoms with E-state index < -0.39 is 5.54 Å². The predicted octanol–water partition coefficient (Wildman–Crippen LogP) is 2.94. The van der Waals surface area contributed by atoms with Gasteiger partial charge in [-0.25, -0.2) is 0 Å². The van der Waals surface area contributed by atoms with E-state index in [4.69, 9.17) is 5.73 Å². The van der Waals surface area contributed by atoms with Gasteiger partial charge in [0.25, 0.3) is 5.69 Å². The van der Waals surface area contributed by atoms with Crippen LogP contribution in [0.25, 0.3) is 0 Å². The van der Waals surface area contributed by atoms with Crippen LogP contribution in [0, 0.1) is 10.1 Å². The second-order valence-electron chi connectivity index (χ2n) is 5.38. The van der Waals surface area contributed by atoms with Crippen molar-refractivity contribution in [1.82, 2.24) is 0 Å². The highest BCUT2D eigenvalue weighted by Crippen LogP contribution is 2.38. The van der Waals surface area contributed by atoms with Crippen molar-refractivity contribution in [2.75, 3.05) is 0 Å². The van der Waals surface area contributed by atoms with Crippen LogP contribution < -0.4 is 5.73 Å². The van der Waals surface area contributed by atoms with E-state index in [1.807, 2.05) is 24.3 Å². The average Bonchev–Trinajstić information content (AvgIpc) is 2.77. The van der Waals surface area contributed by atoms with Crippen LogP contribution in [0.3, 0.4) is 0 Å². The summed E-state index contributed by atoms with van der Waals surface area (Å²) in [5.74, 6) is 0. The lowest BCUT2D eigenvalue weighted by atomic mass is 9.86. The number of hydrogen-bond acceptors (Lipinski definition) is 3. The highest BCUT2D eigenvalue weighted by Gasteiger charge is 2.36. The molecule has 0 amide bonds. The van der Waals surface area contributed by atoms with Crippen LogP contribution >= 0.6 is 0 Å². The van der Waals surface area contributed by atoms with Gasteiger partial charge in [-0.05, 0) is 24.0 Å². The molecule has 0 saturated heterocycles. The summed E-state index contributed by atoms with van der Waals surface area (Å²) in [5, 5.41) is 11.1. The Morgan fingerprint density at radius 3 is 2.65 bits per heavy atom. The Bertz CT molecular complexity index is 669. The molecule has 2 aromatic rings. The molecule has 2 aromatic carbocycles. The van der Waals surface area contributed by atoms with Crippen LogP contribution in [0.5, 0.6) is 0 Å². The van der Waals surface area contributed by atoms with Crippen molar-refractivity contribution >= 4 is 5.69 Å². The summed E-state index contributed by atoms with van der Waals surface area (Å²) in [4.78, 5) is 10.8. The number of rotatable bonds is 3. The van der Waals surface area contributed by atoms with Crippen LogP contribution in [0.15, 0.2) is 48.5 Å². The fourth-order valence-corrected chi connectivity index (χ4v) is 3.08. The summed E-state index contributed by atoms with van der Waals surface area (Å²) in [7, 11) is 0. The normalized spacial score (nSPS) is 20.6. The van der Waals surface area contributed by atoms with Gasteiger partial charge in [-0.15, -0.1) is 0 Å². The standard InChI is InChI=1S/C16H16N2O2/c17-16(10-9-12-5-1-3-7-14(12)16)11-13-6-2-4-8-15(13)18(19)20/h1-8H,9-11,17H2. The molecule has 1 aliphatic carbocycles. The number of benzene rings is 2. The van der Waals surface area contributed by atoms with Crippen LogP contribution in [0.4, 0.5) is 5.69 Å². The molecule has 1 aliphatic rings. The number of nitro groups is 1. The first kappa shape index (κ1) is 12.8. The third-order valence-electron chi connectivity index (χ3n) is 4.09. The second kappa shape index (κ2) is 4.72. The van der Waals surface area contributed by atoms with Gasteiger partial charge < -0.3 is 5.73 Å². The van der Waals surface area contributed by atoms with Crippen molar-refractivity contribution < 1.29 is 4.92 Å². The van der Waals surface area contributed by atoms with Gasteiger partial charge in [0, 0.05) is 23.6 Å². The number of para-hydroxylation sites is 1. The van der Waals surface area contributed by atoms with Crippen molar-refractivity contribution in [3.63, 3.8) is 0 Å². The maximum atomic E-state index is 11.1. The van der Waals surface area contributed by atoms with Crippen molar-refractivity contribution in [3.05, 3.63) is 75.3 Å². The molecule has 0 bridgehead atoms. The minimum Gasteiger partial charge on any atom is -0.321 e. The molecule has 0 heterocycles. The minimum absolute atomic E-state index is 0.154. The maximum absolute atomic E-state index is 11.1. The van der Waals surface area contributed by atoms with Crippen LogP contribution in [0.2, 0.25) is 0 Å². The van der Waals surface area contributed by atoms with E-state index in [-0.39, 0.29) is 10.6 Å². The predicted molar refractivity (Wildman–Crippen MR) is 77.4 cm³/mol. The van der Waals surface area contributed by atoms with E-state index in [1.54, 1.807) is 18.2 Å². The SMILES string of the molecule is NC1(Cc2ccccc2[N+](=O)[O-])CCc2ccccc21. The fourth-order valence-electron chi connectivity index (χ4n) is 3.08. The second-order valence-corrected chi connectivity index (χ2v) is 5.38. The molecule has 0 fully saturated rings. The summed E-state index contributed by atoms with van der Waals surface area (Å²) in [5.41, 5.74) is 9.29. The summed E-state index contributed by atoms with van der Waals surface area (Å²) >= 11 is 0. The molecule has 102 valence electrons. The number of fused-ring (bicyclic) bond motifs is 1. The van der Waals surface area contributed by atoms with Gasteiger partial charge in [-0.1, -0.05) is 42.5 Å². The van der Waals surface area contributed by atoms with Gasteiger partial charge in [0.15, 0.2) is 0 Å². The first-order valence-electron chi connectivity index (χ1n) is 6.70. The maximum Gasteiger partial charge on any atom is 0.272 e. The van der Waals surface area contributed by atoms with Crippen molar-refractivity contribution in [3.8, 4) is 0 Å². The molecule has 20 heavy (non-hydrogen) atoms. The Kier molecular flexibility index (Phi) is 3.03. The Hall–Kier alpha value is -2.20. The van der Waals surface area contributed by atoms with Crippen LogP contribution in [-0.2, 0) is 18.4 Å². The van der Waals surface area contributed by atoms with Gasteiger partial charge in [0.1, 0.15) is 0 Å². The molecule has 3 rings (SSSR count). The first-order valence-corrected chi connectivity index (χ1v) is 6.70. The lowest BCUT2D eigenvalue weighted by molar-refractivity contribution is -0.385. The van der Waals surface area contributed by atoms with Crippen LogP contribution in [-0.4, -0.2) is 4.92 Å². The van der Waals surface area contributed by atoms with Gasteiger partial charge >= 0.3 is 0 Å². The average molecular weight is 268 g/mol. The lowest BCUT2D eigenvalue weighted by Gasteiger charge is -2.25. The molecular weight excluding hydrogens is 252 g/mol. The molecule has 0 spiro atoms. The van der Waals surface area contributed by atoms with E-state index in [0.29, 0.717) is 12.0 Å². The Morgan fingerprint density at radius 2 is 1.85 bits per heavy atom. The third-order valence-corrected chi connectivity index (χ3v) is 4.09. The summed E-state index contributed by atoms with van der Waals surface area (Å²) in [6.07, 6.45) is 2.27. The quantitative estimate of drug-likeness (QED) is 0.687. The molecular formula is C16H16N2O2. The van der Waals surface area contributed by atoms with Crippen molar-refractivity contribution in [2.45, 2.75) is 24.8 Å². The smallest absolute Gasteiger partial charge is 0.272 e. The number of aryl methyl sites for hydroxylation is 1. The third kappa shape index (κ3) is 2.08. The summed E-state index contributed by atoms with van der Waals surface area (Å²) in [6, 6.07) is 15.0. The van der Waals surface area contributed by atoms with Crippen molar-refractivity contribution in [2.24, 2.45) is 5.73 Å². The summed E-state index contributed by atoms with van der Waals surface area (Å²) in [6.45, 7) is 0. The van der Waals surface area contributed by atoms with Gasteiger partial charge in [0.2, 0.25) is 0 Å². The van der Waals surface area contributed by atoms with Gasteiger partial charge in [-0.2, -0.15) is 0 Å². The fraction of sp³-hybridized carbons (Fsp3) is 0.250. The first-order chi connectivity index (χ1) is 9.60. The number of nitrogens with zero attached hydrogens (tertiary/aromatic N) is 1. The monoisotopic (exact) mass is 268 g/mol. The molecule has 4 nitrogen and oxygen atoms in total. The molecule has 0 radical (unpaired) electrons. The van der Waals surface area contributed by atoms with Crippen LogP contribution in [0.1, 0.15) is 23.1 Å². The zero-order valence-corrected chi connectivity index (χ0v) is 11.1. The Balaban J connectivity index is 1.99. The van der Waals surface area contributed by atoms with E-state index in [0.717, 1.165) is 18.4 Å². The zero-order chi connectivity index (χ0) is 14.2. The minimum atomic E-state index is -0.497.